The summed E-state index contributed by atoms with van der Waals surface area (Å²) in [5.41, 5.74) is 6.11. The molecule has 0 bridgehead atoms. The lowest BCUT2D eigenvalue weighted by Gasteiger charge is -2.05. The molecule has 0 amide bonds. The number of hydrogen-bond donors (Lipinski definition) is 1. The van der Waals surface area contributed by atoms with E-state index in [0.29, 0.717) is 13.2 Å². The van der Waals surface area contributed by atoms with Crippen LogP contribution < -0.4 is 5.43 Å². The molecular formula is C17H18N2O. The number of ether oxygens (including phenoxy) is 1. The molecule has 0 spiro atoms. The lowest BCUT2D eigenvalue weighted by molar-refractivity contribution is 0.149. The highest BCUT2D eigenvalue weighted by molar-refractivity contribution is 5.82. The van der Waals surface area contributed by atoms with E-state index in [1.165, 1.54) is 0 Å². The number of hydrazone groups is 1. The first kappa shape index (κ1) is 14.0. The third kappa shape index (κ3) is 4.37. The Morgan fingerprint density at radius 3 is 2.60 bits per heavy atom. The van der Waals surface area contributed by atoms with E-state index in [1.807, 2.05) is 54.6 Å². The minimum Gasteiger partial charge on any atom is -0.373 e. The molecule has 0 aliphatic carbocycles. The highest BCUT2D eigenvalue weighted by Gasteiger charge is 1.98. The third-order valence-corrected chi connectivity index (χ3v) is 2.72. The maximum absolute atomic E-state index is 5.47. The zero-order chi connectivity index (χ0) is 14.0. The quantitative estimate of drug-likeness (QED) is 0.357. The van der Waals surface area contributed by atoms with Crippen molar-refractivity contribution in [2.75, 3.05) is 12.0 Å². The monoisotopic (exact) mass is 266 g/mol. The van der Waals surface area contributed by atoms with Crippen LogP contribution in [0.2, 0.25) is 0 Å². The lowest BCUT2D eigenvalue weighted by atomic mass is 10.1. The van der Waals surface area contributed by atoms with Gasteiger partial charge in [0.25, 0.3) is 0 Å². The van der Waals surface area contributed by atoms with Crippen LogP contribution >= 0.6 is 0 Å². The summed E-state index contributed by atoms with van der Waals surface area (Å²) in [5.74, 6) is 0. The minimum absolute atomic E-state index is 0.549. The molecule has 2 rings (SSSR count). The fourth-order valence-electron chi connectivity index (χ4n) is 1.73. The van der Waals surface area contributed by atoms with Gasteiger partial charge in [-0.05, 0) is 17.7 Å². The van der Waals surface area contributed by atoms with E-state index >= 15 is 0 Å². The van der Waals surface area contributed by atoms with Gasteiger partial charge in [-0.2, -0.15) is 5.10 Å². The zero-order valence-corrected chi connectivity index (χ0v) is 11.3. The van der Waals surface area contributed by atoms with Gasteiger partial charge < -0.3 is 4.74 Å². The van der Waals surface area contributed by atoms with Crippen molar-refractivity contribution in [1.29, 1.82) is 0 Å². The van der Waals surface area contributed by atoms with Crippen LogP contribution in [0.25, 0.3) is 0 Å². The summed E-state index contributed by atoms with van der Waals surface area (Å²) in [5, 5.41) is 4.25. The Morgan fingerprint density at radius 2 is 1.80 bits per heavy atom. The first-order valence-electron chi connectivity index (χ1n) is 6.51. The third-order valence-electron chi connectivity index (χ3n) is 2.72. The second-order valence-corrected chi connectivity index (χ2v) is 4.24. The van der Waals surface area contributed by atoms with Crippen LogP contribution in [0.4, 0.5) is 5.69 Å². The van der Waals surface area contributed by atoms with E-state index in [0.717, 1.165) is 16.8 Å². The zero-order valence-electron chi connectivity index (χ0n) is 11.3. The summed E-state index contributed by atoms with van der Waals surface area (Å²) in [6.07, 6.45) is 3.55. The Morgan fingerprint density at radius 1 is 1.05 bits per heavy atom. The summed E-state index contributed by atoms with van der Waals surface area (Å²) < 4.78 is 5.47. The molecule has 1 N–H and O–H groups in total. The number of nitrogens with one attached hydrogen (secondary N) is 1. The summed E-state index contributed by atoms with van der Waals surface area (Å²) >= 11 is 0. The van der Waals surface area contributed by atoms with Gasteiger partial charge in [-0.3, -0.25) is 5.43 Å². The number of anilines is 1. The van der Waals surface area contributed by atoms with Crippen molar-refractivity contribution < 1.29 is 4.74 Å². The molecule has 0 aliphatic heterocycles. The van der Waals surface area contributed by atoms with Gasteiger partial charge >= 0.3 is 0 Å². The van der Waals surface area contributed by atoms with Crippen molar-refractivity contribution in [3.05, 3.63) is 78.4 Å². The predicted molar refractivity (Wildman–Crippen MR) is 84.0 cm³/mol. The number of nitrogens with zero attached hydrogens (tertiary/aromatic N) is 1. The van der Waals surface area contributed by atoms with Crippen molar-refractivity contribution in [3.63, 3.8) is 0 Å². The molecule has 0 fully saturated rings. The van der Waals surface area contributed by atoms with Gasteiger partial charge in [-0.15, -0.1) is 6.58 Å². The van der Waals surface area contributed by atoms with Gasteiger partial charge in [0, 0.05) is 5.56 Å². The number of para-hydroxylation sites is 1. The van der Waals surface area contributed by atoms with Crippen LogP contribution in [0.3, 0.4) is 0 Å². The largest absolute Gasteiger partial charge is 0.373 e. The number of benzene rings is 2. The second kappa shape index (κ2) is 7.92. The molecule has 0 unspecified atom stereocenters. The molecule has 0 saturated heterocycles. The average Bonchev–Trinajstić information content (AvgIpc) is 2.50. The topological polar surface area (TPSA) is 33.6 Å². The van der Waals surface area contributed by atoms with Gasteiger partial charge in [0.2, 0.25) is 0 Å². The van der Waals surface area contributed by atoms with E-state index in [9.17, 15) is 0 Å². The average molecular weight is 266 g/mol. The highest BCUT2D eigenvalue weighted by Crippen LogP contribution is 2.09. The molecule has 102 valence electrons. The summed E-state index contributed by atoms with van der Waals surface area (Å²) in [4.78, 5) is 0. The van der Waals surface area contributed by atoms with Crippen LogP contribution in [0, 0.1) is 0 Å². The minimum atomic E-state index is 0.549. The van der Waals surface area contributed by atoms with Crippen LogP contribution in [0.15, 0.2) is 72.4 Å². The first-order chi connectivity index (χ1) is 9.90. The fourth-order valence-corrected chi connectivity index (χ4v) is 1.73. The van der Waals surface area contributed by atoms with E-state index in [4.69, 9.17) is 4.74 Å². The highest BCUT2D eigenvalue weighted by atomic mass is 16.5. The standard InChI is InChI=1S/C17H18N2O/c1-2-12-20-14-16-9-7-6-8-15(16)13-18-19-17-10-4-3-5-11-17/h2-11,13,19H,1,12,14H2. The molecule has 2 aromatic carbocycles. The maximum Gasteiger partial charge on any atom is 0.0727 e. The lowest BCUT2D eigenvalue weighted by Crippen LogP contribution is -1.98. The molecule has 0 atom stereocenters. The van der Waals surface area contributed by atoms with Gasteiger partial charge in [-0.1, -0.05) is 48.5 Å². The van der Waals surface area contributed by atoms with Crippen molar-refractivity contribution in [2.24, 2.45) is 5.10 Å². The Bertz CT molecular complexity index is 564. The number of rotatable bonds is 7. The van der Waals surface area contributed by atoms with E-state index < -0.39 is 0 Å². The second-order valence-electron chi connectivity index (χ2n) is 4.24. The van der Waals surface area contributed by atoms with Crippen molar-refractivity contribution >= 4 is 11.9 Å². The van der Waals surface area contributed by atoms with Gasteiger partial charge in [0.1, 0.15) is 0 Å². The predicted octanol–water partition coefficient (Wildman–Crippen LogP) is 3.84. The van der Waals surface area contributed by atoms with Crippen LogP contribution in [0.5, 0.6) is 0 Å². The van der Waals surface area contributed by atoms with Crippen LogP contribution in [-0.2, 0) is 11.3 Å². The van der Waals surface area contributed by atoms with Gasteiger partial charge in [0.05, 0.1) is 25.1 Å². The van der Waals surface area contributed by atoms with Gasteiger partial charge in [-0.25, -0.2) is 0 Å². The van der Waals surface area contributed by atoms with E-state index in [2.05, 4.69) is 17.1 Å². The summed E-state index contributed by atoms with van der Waals surface area (Å²) in [6, 6.07) is 17.9. The molecule has 3 heteroatoms. The Hall–Kier alpha value is -2.39. The van der Waals surface area contributed by atoms with Crippen molar-refractivity contribution in [2.45, 2.75) is 6.61 Å². The SMILES string of the molecule is C=CCOCc1ccccc1C=NNc1ccccc1. The van der Waals surface area contributed by atoms with E-state index in [-0.39, 0.29) is 0 Å². The summed E-state index contributed by atoms with van der Waals surface area (Å²) in [7, 11) is 0. The molecular weight excluding hydrogens is 248 g/mol. The maximum atomic E-state index is 5.47. The van der Waals surface area contributed by atoms with E-state index in [1.54, 1.807) is 12.3 Å². The fraction of sp³-hybridized carbons (Fsp3) is 0.118. The molecule has 20 heavy (non-hydrogen) atoms. The molecule has 3 nitrogen and oxygen atoms in total. The molecule has 2 aromatic rings. The van der Waals surface area contributed by atoms with Gasteiger partial charge in [0.15, 0.2) is 0 Å². The van der Waals surface area contributed by atoms with Crippen LogP contribution in [0.1, 0.15) is 11.1 Å². The first-order valence-corrected chi connectivity index (χ1v) is 6.51. The molecule has 0 heterocycles. The molecule has 0 aromatic heterocycles. The van der Waals surface area contributed by atoms with Crippen LogP contribution in [-0.4, -0.2) is 12.8 Å². The van der Waals surface area contributed by atoms with Crippen molar-refractivity contribution in [1.82, 2.24) is 0 Å². The normalized spacial score (nSPS) is 10.6. The molecule has 0 aliphatic rings. The number of hydrogen-bond acceptors (Lipinski definition) is 3. The smallest absolute Gasteiger partial charge is 0.0727 e. The molecule has 0 saturated carbocycles. The van der Waals surface area contributed by atoms with Crippen molar-refractivity contribution in [3.8, 4) is 0 Å². The summed E-state index contributed by atoms with van der Waals surface area (Å²) in [6.45, 7) is 4.74. The Kier molecular flexibility index (Phi) is 5.55. The Labute approximate surface area is 119 Å². The Balaban J connectivity index is 1.99. The molecule has 0 radical (unpaired) electrons.